The number of carbonyl (C=O) groups excluding carboxylic acids is 2. The number of pyridine rings is 1. The minimum absolute atomic E-state index is 0.0484. The van der Waals surface area contributed by atoms with Gasteiger partial charge >= 0.3 is 5.91 Å². The molecule has 9 nitrogen and oxygen atoms in total. The van der Waals surface area contributed by atoms with Gasteiger partial charge in [-0.25, -0.2) is 9.97 Å². The summed E-state index contributed by atoms with van der Waals surface area (Å²) in [6.07, 6.45) is 2.73. The zero-order valence-corrected chi connectivity index (χ0v) is 26.1. The molecular formula is C34H34N4O5S. The van der Waals surface area contributed by atoms with Gasteiger partial charge in [0.2, 0.25) is 0 Å². The number of ketones is 1. The normalized spacial score (nSPS) is 16.5. The number of imidazole rings is 1. The number of Topliss-reactive ketones (excluding diaryl/α,β-unsaturated/α-hetero) is 1. The van der Waals surface area contributed by atoms with Gasteiger partial charge in [0, 0.05) is 6.20 Å². The molecule has 2 aromatic carbocycles. The Morgan fingerprint density at radius 3 is 2.57 bits per heavy atom. The smallest absolute Gasteiger partial charge is 0.301 e. The zero-order chi connectivity index (χ0) is 31.1. The zero-order valence-electron chi connectivity index (χ0n) is 25.3. The number of nitrogens with zero attached hydrogens (tertiary/aromatic N) is 4. The summed E-state index contributed by atoms with van der Waals surface area (Å²) in [6.45, 7) is 11.0. The van der Waals surface area contributed by atoms with Crippen LogP contribution in [0.25, 0.3) is 21.6 Å². The minimum atomic E-state index is -0.958. The molecule has 0 saturated carbocycles. The number of carbonyl (C=O) groups is 2. The molecule has 1 aliphatic heterocycles. The maximum Gasteiger partial charge on any atom is 0.301 e. The maximum absolute atomic E-state index is 13.8. The molecule has 6 rings (SSSR count). The summed E-state index contributed by atoms with van der Waals surface area (Å²) >= 11 is 1.29. The van der Waals surface area contributed by atoms with E-state index >= 15 is 0 Å². The fraction of sp³-hybridized carbons (Fsp3) is 0.294. The lowest BCUT2D eigenvalue weighted by atomic mass is 9.96. The molecule has 1 unspecified atom stereocenters. The van der Waals surface area contributed by atoms with Crippen LogP contribution in [0.2, 0.25) is 0 Å². The Kier molecular flexibility index (Phi) is 7.85. The lowest BCUT2D eigenvalue weighted by molar-refractivity contribution is -0.132. The van der Waals surface area contributed by atoms with E-state index in [0.717, 1.165) is 16.7 Å². The van der Waals surface area contributed by atoms with Gasteiger partial charge in [-0.3, -0.25) is 14.5 Å². The first-order chi connectivity index (χ1) is 21.2. The number of anilines is 1. The number of thiazole rings is 1. The van der Waals surface area contributed by atoms with Crippen LogP contribution in [0.5, 0.6) is 11.5 Å². The molecule has 0 spiro atoms. The predicted molar refractivity (Wildman–Crippen MR) is 172 cm³/mol. The van der Waals surface area contributed by atoms with Crippen molar-refractivity contribution >= 4 is 49.8 Å². The summed E-state index contributed by atoms with van der Waals surface area (Å²) in [6, 6.07) is 15.7. The van der Waals surface area contributed by atoms with Crippen LogP contribution in [-0.4, -0.2) is 44.4 Å². The summed E-state index contributed by atoms with van der Waals surface area (Å²) in [5.74, 6) is -0.130. The molecule has 1 N–H and O–H groups in total. The maximum atomic E-state index is 13.8. The second kappa shape index (κ2) is 11.8. The fourth-order valence-corrected chi connectivity index (χ4v) is 6.48. The number of aromatic nitrogens is 3. The third kappa shape index (κ3) is 5.19. The van der Waals surface area contributed by atoms with E-state index in [1.165, 1.54) is 16.2 Å². The first-order valence-electron chi connectivity index (χ1n) is 14.7. The average molecular weight is 611 g/mol. The molecule has 0 bridgehead atoms. The molecule has 5 aromatic rings. The predicted octanol–water partition coefficient (Wildman–Crippen LogP) is 7.01. The third-order valence-corrected chi connectivity index (χ3v) is 8.77. The molecule has 226 valence electrons. The van der Waals surface area contributed by atoms with Crippen molar-refractivity contribution in [2.75, 3.05) is 18.1 Å². The summed E-state index contributed by atoms with van der Waals surface area (Å²) in [5.41, 5.74) is 3.71. The first kappa shape index (κ1) is 29.4. The van der Waals surface area contributed by atoms with Crippen molar-refractivity contribution in [2.45, 2.75) is 47.1 Å². The van der Waals surface area contributed by atoms with Crippen LogP contribution in [0.3, 0.4) is 0 Å². The topological polar surface area (TPSA) is 106 Å². The highest BCUT2D eigenvalue weighted by atomic mass is 32.1. The molecule has 1 saturated heterocycles. The number of aliphatic hydroxyl groups is 1. The van der Waals surface area contributed by atoms with Crippen molar-refractivity contribution in [3.05, 3.63) is 88.9 Å². The van der Waals surface area contributed by atoms with Crippen molar-refractivity contribution in [1.82, 2.24) is 14.4 Å². The van der Waals surface area contributed by atoms with E-state index in [1.54, 1.807) is 0 Å². The molecule has 3 aromatic heterocycles. The molecule has 1 atom stereocenters. The SMILES string of the molecule is CCOc1ccc2nc(N3C(=O)C(=O)/C(=C(/O)c4nc5c(C)cccn5c4C)C3c3cccc(OCCC(C)C)c3)sc2c1. The highest BCUT2D eigenvalue weighted by molar-refractivity contribution is 7.22. The standard InChI is InChI=1S/C34H34N4O5S/c1-6-42-24-12-13-25-26(18-24)44-34(35-25)38-29(22-10-7-11-23(17-22)43-16-14-19(2)3)27(31(40)33(38)41)30(39)28-21(5)37-15-8-9-20(4)32(37)36-28/h7-13,15,17-19,29,39H,6,14,16H2,1-5H3/b30-27+. The molecule has 0 aliphatic carbocycles. The summed E-state index contributed by atoms with van der Waals surface area (Å²) in [5, 5.41) is 12.2. The van der Waals surface area contributed by atoms with Gasteiger partial charge in [-0.2, -0.15) is 0 Å². The van der Waals surface area contributed by atoms with Gasteiger partial charge in [0.15, 0.2) is 10.9 Å². The Morgan fingerprint density at radius 1 is 1.02 bits per heavy atom. The van der Waals surface area contributed by atoms with Crippen LogP contribution in [0, 0.1) is 19.8 Å². The molecule has 1 amide bonds. The van der Waals surface area contributed by atoms with Gasteiger partial charge in [-0.15, -0.1) is 0 Å². The highest BCUT2D eigenvalue weighted by Crippen LogP contribution is 2.45. The lowest BCUT2D eigenvalue weighted by Gasteiger charge is -2.23. The molecule has 44 heavy (non-hydrogen) atoms. The number of hydrogen-bond donors (Lipinski definition) is 1. The van der Waals surface area contributed by atoms with E-state index in [2.05, 4.69) is 13.8 Å². The average Bonchev–Trinajstić information content (AvgIpc) is 3.65. The van der Waals surface area contributed by atoms with E-state index < -0.39 is 17.7 Å². The number of fused-ring (bicyclic) bond motifs is 2. The summed E-state index contributed by atoms with van der Waals surface area (Å²) in [7, 11) is 0. The minimum Gasteiger partial charge on any atom is -0.505 e. The second-order valence-electron chi connectivity index (χ2n) is 11.3. The summed E-state index contributed by atoms with van der Waals surface area (Å²) in [4.78, 5) is 38.5. The number of aliphatic hydroxyl groups excluding tert-OH is 1. The number of amides is 1. The van der Waals surface area contributed by atoms with E-state index in [-0.39, 0.29) is 17.0 Å². The monoisotopic (exact) mass is 610 g/mol. The Hall–Kier alpha value is -4.70. The molecule has 10 heteroatoms. The van der Waals surface area contributed by atoms with Gasteiger partial charge in [0.25, 0.3) is 5.78 Å². The fourth-order valence-electron chi connectivity index (χ4n) is 5.46. The van der Waals surface area contributed by atoms with Crippen LogP contribution in [0.1, 0.15) is 55.7 Å². The van der Waals surface area contributed by atoms with Gasteiger partial charge in [0.05, 0.1) is 40.7 Å². The molecule has 0 radical (unpaired) electrons. The quantitative estimate of drug-likeness (QED) is 0.109. The Bertz CT molecular complexity index is 1940. The number of hydrogen-bond acceptors (Lipinski definition) is 8. The van der Waals surface area contributed by atoms with Gasteiger partial charge < -0.3 is 19.0 Å². The third-order valence-electron chi connectivity index (χ3n) is 7.76. The largest absolute Gasteiger partial charge is 0.505 e. The van der Waals surface area contributed by atoms with Gasteiger partial charge in [-0.1, -0.05) is 43.4 Å². The van der Waals surface area contributed by atoms with Gasteiger partial charge in [-0.05, 0) is 80.6 Å². The van der Waals surface area contributed by atoms with Crippen molar-refractivity contribution in [2.24, 2.45) is 5.92 Å². The van der Waals surface area contributed by atoms with Crippen LogP contribution >= 0.6 is 11.3 Å². The van der Waals surface area contributed by atoms with E-state index in [9.17, 15) is 14.7 Å². The van der Waals surface area contributed by atoms with Crippen LogP contribution < -0.4 is 14.4 Å². The van der Waals surface area contributed by atoms with Crippen LogP contribution in [0.15, 0.2) is 66.4 Å². The number of benzene rings is 2. The van der Waals surface area contributed by atoms with Crippen molar-refractivity contribution in [3.63, 3.8) is 0 Å². The second-order valence-corrected chi connectivity index (χ2v) is 12.3. The van der Waals surface area contributed by atoms with Crippen molar-refractivity contribution in [3.8, 4) is 11.5 Å². The highest BCUT2D eigenvalue weighted by Gasteiger charge is 2.48. The van der Waals surface area contributed by atoms with Gasteiger partial charge in [0.1, 0.15) is 22.8 Å². The van der Waals surface area contributed by atoms with Crippen LogP contribution in [0.4, 0.5) is 5.13 Å². The first-order valence-corrected chi connectivity index (χ1v) is 15.5. The Labute approximate surface area is 259 Å². The molecule has 4 heterocycles. The van der Waals surface area contributed by atoms with Crippen molar-refractivity contribution < 1.29 is 24.2 Å². The van der Waals surface area contributed by atoms with E-state index in [1.807, 2.05) is 86.0 Å². The van der Waals surface area contributed by atoms with E-state index in [4.69, 9.17) is 19.4 Å². The number of aryl methyl sites for hydroxylation is 2. The Morgan fingerprint density at radius 2 is 1.82 bits per heavy atom. The van der Waals surface area contributed by atoms with Crippen molar-refractivity contribution in [1.29, 1.82) is 0 Å². The molecular weight excluding hydrogens is 576 g/mol. The summed E-state index contributed by atoms with van der Waals surface area (Å²) < 4.78 is 14.4. The van der Waals surface area contributed by atoms with Crippen LogP contribution in [-0.2, 0) is 9.59 Å². The molecule has 1 fully saturated rings. The van der Waals surface area contributed by atoms with E-state index in [0.29, 0.717) is 58.2 Å². The molecule has 1 aliphatic rings. The number of ether oxygens (including phenoxy) is 2. The number of rotatable bonds is 9. The lowest BCUT2D eigenvalue weighted by Crippen LogP contribution is -2.29. The Balaban J connectivity index is 1.52.